The summed E-state index contributed by atoms with van der Waals surface area (Å²) in [5.41, 5.74) is 0.0910. The Morgan fingerprint density at radius 2 is 2.08 bits per heavy atom. The summed E-state index contributed by atoms with van der Waals surface area (Å²) in [7, 11) is 0. The van der Waals surface area contributed by atoms with Gasteiger partial charge in [-0.2, -0.15) is 0 Å². The number of alkyl halides is 1. The minimum atomic E-state index is 0.0910. The number of hydrogen-bond donors (Lipinski definition) is 1. The highest BCUT2D eigenvalue weighted by molar-refractivity contribution is 6.18. The van der Waals surface area contributed by atoms with E-state index in [0.29, 0.717) is 5.88 Å². The van der Waals surface area contributed by atoms with E-state index in [2.05, 4.69) is 19.2 Å². The van der Waals surface area contributed by atoms with E-state index in [1.807, 2.05) is 6.92 Å². The summed E-state index contributed by atoms with van der Waals surface area (Å²) in [6.45, 7) is 8.95. The average Bonchev–Trinajstić information content (AvgIpc) is 2.17. The van der Waals surface area contributed by atoms with Gasteiger partial charge in [0, 0.05) is 24.6 Å². The van der Waals surface area contributed by atoms with Crippen LogP contribution in [0, 0.1) is 0 Å². The van der Waals surface area contributed by atoms with Crippen LogP contribution < -0.4 is 5.32 Å². The van der Waals surface area contributed by atoms with Crippen LogP contribution in [0.15, 0.2) is 0 Å². The van der Waals surface area contributed by atoms with Crippen molar-refractivity contribution in [1.82, 2.24) is 5.32 Å². The zero-order valence-electron chi connectivity index (χ0n) is 9.03. The fraction of sp³-hybridized carbons (Fsp3) is 1.00. The first kappa shape index (κ1) is 13.2. The molecule has 0 aromatic rings. The molecule has 1 N–H and O–H groups in total. The summed E-state index contributed by atoms with van der Waals surface area (Å²) in [4.78, 5) is 0. The van der Waals surface area contributed by atoms with Crippen LogP contribution in [0.4, 0.5) is 0 Å². The van der Waals surface area contributed by atoms with Gasteiger partial charge in [-0.1, -0.05) is 6.92 Å². The zero-order chi connectivity index (χ0) is 10.2. The van der Waals surface area contributed by atoms with Crippen molar-refractivity contribution in [3.63, 3.8) is 0 Å². The Bertz CT molecular complexity index is 115. The fourth-order valence-corrected chi connectivity index (χ4v) is 1.26. The molecule has 80 valence electrons. The van der Waals surface area contributed by atoms with Crippen LogP contribution in [-0.2, 0) is 4.74 Å². The molecule has 3 heteroatoms. The SMILES string of the molecule is CCOCCCNC(C)(CC)CCl. The summed E-state index contributed by atoms with van der Waals surface area (Å²) >= 11 is 5.86. The van der Waals surface area contributed by atoms with E-state index < -0.39 is 0 Å². The summed E-state index contributed by atoms with van der Waals surface area (Å²) in [6, 6.07) is 0. The highest BCUT2D eigenvalue weighted by atomic mass is 35.5. The second-order valence-corrected chi connectivity index (χ2v) is 3.79. The predicted molar refractivity (Wildman–Crippen MR) is 58.5 cm³/mol. The van der Waals surface area contributed by atoms with Gasteiger partial charge in [-0.05, 0) is 33.2 Å². The molecule has 0 saturated carbocycles. The third kappa shape index (κ3) is 6.30. The number of ether oxygens (including phenoxy) is 1. The largest absolute Gasteiger partial charge is 0.382 e. The lowest BCUT2D eigenvalue weighted by Gasteiger charge is -2.27. The third-order valence-electron chi connectivity index (χ3n) is 2.30. The van der Waals surface area contributed by atoms with Gasteiger partial charge in [-0.25, -0.2) is 0 Å². The number of halogens is 1. The molecule has 0 fully saturated rings. The van der Waals surface area contributed by atoms with Gasteiger partial charge < -0.3 is 10.1 Å². The van der Waals surface area contributed by atoms with Gasteiger partial charge >= 0.3 is 0 Å². The summed E-state index contributed by atoms with van der Waals surface area (Å²) < 4.78 is 5.24. The van der Waals surface area contributed by atoms with Gasteiger partial charge in [0.1, 0.15) is 0 Å². The van der Waals surface area contributed by atoms with Crippen LogP contribution in [0.2, 0.25) is 0 Å². The molecule has 0 radical (unpaired) electrons. The summed E-state index contributed by atoms with van der Waals surface area (Å²) in [5, 5.41) is 3.44. The van der Waals surface area contributed by atoms with Gasteiger partial charge in [-0.3, -0.25) is 0 Å². The van der Waals surface area contributed by atoms with Crippen molar-refractivity contribution in [3.05, 3.63) is 0 Å². The third-order valence-corrected chi connectivity index (χ3v) is 2.89. The quantitative estimate of drug-likeness (QED) is 0.488. The maximum atomic E-state index is 5.86. The van der Waals surface area contributed by atoms with E-state index in [4.69, 9.17) is 16.3 Å². The lowest BCUT2D eigenvalue weighted by molar-refractivity contribution is 0.142. The smallest absolute Gasteiger partial charge is 0.0477 e. The molecule has 1 atom stereocenters. The fourth-order valence-electron chi connectivity index (χ4n) is 0.975. The highest BCUT2D eigenvalue weighted by Gasteiger charge is 2.18. The van der Waals surface area contributed by atoms with Crippen LogP contribution >= 0.6 is 11.6 Å². The summed E-state index contributed by atoms with van der Waals surface area (Å²) in [5.74, 6) is 0.665. The Balaban J connectivity index is 3.39. The maximum Gasteiger partial charge on any atom is 0.0477 e. The van der Waals surface area contributed by atoms with Crippen molar-refractivity contribution in [3.8, 4) is 0 Å². The molecule has 0 spiro atoms. The molecule has 0 aliphatic heterocycles. The molecule has 0 bridgehead atoms. The summed E-state index contributed by atoms with van der Waals surface area (Å²) in [6.07, 6.45) is 2.12. The molecule has 0 heterocycles. The zero-order valence-corrected chi connectivity index (χ0v) is 9.78. The number of hydrogen-bond acceptors (Lipinski definition) is 2. The predicted octanol–water partition coefficient (Wildman–Crippen LogP) is 2.41. The van der Waals surface area contributed by atoms with Crippen LogP contribution in [0.25, 0.3) is 0 Å². The molecule has 2 nitrogen and oxygen atoms in total. The molecule has 0 aliphatic carbocycles. The molecule has 0 saturated heterocycles. The Morgan fingerprint density at radius 1 is 1.38 bits per heavy atom. The first-order valence-electron chi connectivity index (χ1n) is 5.07. The van der Waals surface area contributed by atoms with Gasteiger partial charge in [0.05, 0.1) is 0 Å². The van der Waals surface area contributed by atoms with E-state index in [-0.39, 0.29) is 5.54 Å². The van der Waals surface area contributed by atoms with Crippen molar-refractivity contribution < 1.29 is 4.74 Å². The van der Waals surface area contributed by atoms with Gasteiger partial charge in [-0.15, -0.1) is 11.6 Å². The molecule has 1 unspecified atom stereocenters. The number of rotatable bonds is 8. The first-order valence-corrected chi connectivity index (χ1v) is 5.60. The number of nitrogens with one attached hydrogen (secondary N) is 1. The minimum Gasteiger partial charge on any atom is -0.382 e. The van der Waals surface area contributed by atoms with Gasteiger partial charge in [0.25, 0.3) is 0 Å². The van der Waals surface area contributed by atoms with Crippen molar-refractivity contribution in [2.24, 2.45) is 0 Å². The van der Waals surface area contributed by atoms with E-state index in [0.717, 1.165) is 32.6 Å². The molecule has 0 rings (SSSR count). The van der Waals surface area contributed by atoms with Crippen molar-refractivity contribution in [1.29, 1.82) is 0 Å². The topological polar surface area (TPSA) is 21.3 Å². The molecular weight excluding hydrogens is 186 g/mol. The lowest BCUT2D eigenvalue weighted by atomic mass is 10.0. The lowest BCUT2D eigenvalue weighted by Crippen LogP contribution is -2.44. The highest BCUT2D eigenvalue weighted by Crippen LogP contribution is 2.10. The normalized spacial score (nSPS) is 15.7. The molecule has 0 amide bonds. The average molecular weight is 208 g/mol. The second kappa shape index (κ2) is 7.60. The Hall–Kier alpha value is 0.210. The molecular formula is C10H22ClNO. The maximum absolute atomic E-state index is 5.86. The van der Waals surface area contributed by atoms with Gasteiger partial charge in [0.15, 0.2) is 0 Å². The van der Waals surface area contributed by atoms with Crippen molar-refractivity contribution >= 4 is 11.6 Å². The van der Waals surface area contributed by atoms with Crippen LogP contribution in [0.5, 0.6) is 0 Å². The Labute approximate surface area is 87.0 Å². The van der Waals surface area contributed by atoms with E-state index >= 15 is 0 Å². The Kier molecular flexibility index (Phi) is 7.72. The van der Waals surface area contributed by atoms with Gasteiger partial charge in [0.2, 0.25) is 0 Å². The minimum absolute atomic E-state index is 0.0910. The second-order valence-electron chi connectivity index (χ2n) is 3.53. The van der Waals surface area contributed by atoms with Crippen LogP contribution in [0.3, 0.4) is 0 Å². The van der Waals surface area contributed by atoms with Crippen LogP contribution in [-0.4, -0.2) is 31.2 Å². The molecule has 0 aliphatic rings. The first-order chi connectivity index (χ1) is 6.18. The van der Waals surface area contributed by atoms with E-state index in [9.17, 15) is 0 Å². The standard InChI is InChI=1S/C10H22ClNO/c1-4-10(3,9-11)12-7-6-8-13-5-2/h12H,4-9H2,1-3H3. The molecule has 13 heavy (non-hydrogen) atoms. The Morgan fingerprint density at radius 3 is 2.54 bits per heavy atom. The monoisotopic (exact) mass is 207 g/mol. The molecule has 0 aromatic carbocycles. The van der Waals surface area contributed by atoms with Crippen molar-refractivity contribution in [2.45, 2.75) is 39.2 Å². The van der Waals surface area contributed by atoms with Crippen LogP contribution in [0.1, 0.15) is 33.6 Å². The van der Waals surface area contributed by atoms with E-state index in [1.54, 1.807) is 0 Å². The van der Waals surface area contributed by atoms with E-state index in [1.165, 1.54) is 0 Å². The molecule has 0 aromatic heterocycles. The van der Waals surface area contributed by atoms with Crippen molar-refractivity contribution in [2.75, 3.05) is 25.6 Å².